The smallest absolute Gasteiger partial charge is 0.163 e. The summed E-state index contributed by atoms with van der Waals surface area (Å²) in [5.74, 6) is 0.703. The molecular weight excluding hydrogens is 204 g/mol. The van der Waals surface area contributed by atoms with Crippen LogP contribution in [0.1, 0.15) is 24.2 Å². The van der Waals surface area contributed by atoms with E-state index in [1.54, 1.807) is 13.0 Å². The van der Waals surface area contributed by atoms with Gasteiger partial charge in [0.2, 0.25) is 0 Å². The summed E-state index contributed by atoms with van der Waals surface area (Å²) in [6.45, 7) is 5.73. The summed E-state index contributed by atoms with van der Waals surface area (Å²) in [7, 11) is 0. The molecule has 1 aromatic carbocycles. The Bertz CT molecular complexity index is 394. The van der Waals surface area contributed by atoms with Gasteiger partial charge in [0.15, 0.2) is 5.78 Å². The van der Waals surface area contributed by atoms with Gasteiger partial charge in [-0.2, -0.15) is 0 Å². The molecule has 16 heavy (non-hydrogen) atoms. The van der Waals surface area contributed by atoms with Crippen molar-refractivity contribution in [3.05, 3.63) is 29.8 Å². The molecule has 0 aromatic heterocycles. The van der Waals surface area contributed by atoms with Gasteiger partial charge in [-0.3, -0.25) is 4.79 Å². The Morgan fingerprint density at radius 1 is 1.44 bits per heavy atom. The molecule has 1 aliphatic rings. The zero-order valence-electron chi connectivity index (χ0n) is 9.66. The lowest BCUT2D eigenvalue weighted by atomic mass is 9.90. The molecule has 0 saturated carbocycles. The average molecular weight is 220 g/mol. The van der Waals surface area contributed by atoms with Crippen LogP contribution in [0.5, 0.6) is 5.75 Å². The van der Waals surface area contributed by atoms with E-state index in [1.807, 2.05) is 18.2 Å². The molecule has 2 rings (SSSR count). The van der Waals surface area contributed by atoms with Crippen molar-refractivity contribution < 1.29 is 14.3 Å². The fraction of sp³-hybridized carbons (Fsp3) is 0.462. The van der Waals surface area contributed by atoms with E-state index >= 15 is 0 Å². The van der Waals surface area contributed by atoms with E-state index in [9.17, 15) is 4.79 Å². The molecule has 3 nitrogen and oxygen atoms in total. The fourth-order valence-electron chi connectivity index (χ4n) is 1.67. The maximum atomic E-state index is 11.4. The molecule has 0 aliphatic carbocycles. The van der Waals surface area contributed by atoms with Gasteiger partial charge in [-0.15, -0.1) is 0 Å². The van der Waals surface area contributed by atoms with E-state index in [4.69, 9.17) is 9.47 Å². The first-order valence-electron chi connectivity index (χ1n) is 5.41. The summed E-state index contributed by atoms with van der Waals surface area (Å²) in [6, 6.07) is 7.34. The average Bonchev–Trinajstić information content (AvgIpc) is 2.24. The molecule has 1 aromatic rings. The fourth-order valence-corrected chi connectivity index (χ4v) is 1.67. The maximum absolute atomic E-state index is 11.4. The summed E-state index contributed by atoms with van der Waals surface area (Å²) in [5.41, 5.74) is 0.746. The molecule has 0 atom stereocenters. The molecule has 1 heterocycles. The molecule has 0 radical (unpaired) electrons. The minimum absolute atomic E-state index is 0.0330. The monoisotopic (exact) mass is 220 g/mol. The highest BCUT2D eigenvalue weighted by Gasteiger charge is 2.34. The Morgan fingerprint density at radius 2 is 2.12 bits per heavy atom. The summed E-state index contributed by atoms with van der Waals surface area (Å²) in [4.78, 5) is 11.4. The molecule has 1 aliphatic heterocycles. The SMILES string of the molecule is CC(=O)c1ccccc1OCC1(C)COC1. The minimum Gasteiger partial charge on any atom is -0.492 e. The predicted molar refractivity (Wildman–Crippen MR) is 60.9 cm³/mol. The van der Waals surface area contributed by atoms with Gasteiger partial charge in [0.1, 0.15) is 5.75 Å². The van der Waals surface area contributed by atoms with Crippen molar-refractivity contribution in [2.24, 2.45) is 5.41 Å². The molecule has 0 spiro atoms. The van der Waals surface area contributed by atoms with Crippen LogP contribution in [0.25, 0.3) is 0 Å². The van der Waals surface area contributed by atoms with E-state index in [2.05, 4.69) is 6.92 Å². The van der Waals surface area contributed by atoms with E-state index in [-0.39, 0.29) is 11.2 Å². The molecule has 0 amide bonds. The highest BCUT2D eigenvalue weighted by Crippen LogP contribution is 2.28. The standard InChI is InChI=1S/C13H16O3/c1-10(14)11-5-3-4-6-12(11)16-9-13(2)7-15-8-13/h3-6H,7-9H2,1-2H3. The third-order valence-corrected chi connectivity index (χ3v) is 2.74. The van der Waals surface area contributed by atoms with Crippen LogP contribution >= 0.6 is 0 Å². The number of carbonyl (C=O) groups is 1. The van der Waals surface area contributed by atoms with Gasteiger partial charge < -0.3 is 9.47 Å². The van der Waals surface area contributed by atoms with Crippen molar-refractivity contribution in [2.75, 3.05) is 19.8 Å². The lowest BCUT2D eigenvalue weighted by Gasteiger charge is -2.37. The van der Waals surface area contributed by atoms with E-state index < -0.39 is 0 Å². The summed E-state index contributed by atoms with van der Waals surface area (Å²) < 4.78 is 10.9. The first kappa shape index (κ1) is 11.1. The molecule has 3 heteroatoms. The van der Waals surface area contributed by atoms with E-state index in [1.165, 1.54) is 0 Å². The second kappa shape index (κ2) is 4.26. The number of carbonyl (C=O) groups excluding carboxylic acids is 1. The van der Waals surface area contributed by atoms with Gasteiger partial charge in [0, 0.05) is 5.41 Å². The van der Waals surface area contributed by atoms with Crippen LogP contribution < -0.4 is 4.74 Å². The highest BCUT2D eigenvalue weighted by molar-refractivity contribution is 5.96. The third kappa shape index (κ3) is 2.25. The largest absolute Gasteiger partial charge is 0.492 e. The molecule has 1 fully saturated rings. The summed E-state index contributed by atoms with van der Waals surface area (Å²) in [5, 5.41) is 0. The van der Waals surface area contributed by atoms with E-state index in [0.29, 0.717) is 17.9 Å². The zero-order valence-corrected chi connectivity index (χ0v) is 9.66. The first-order valence-corrected chi connectivity index (χ1v) is 5.41. The Labute approximate surface area is 95.4 Å². The van der Waals surface area contributed by atoms with Crippen LogP contribution in [0.4, 0.5) is 0 Å². The molecule has 0 N–H and O–H groups in total. The van der Waals surface area contributed by atoms with Crippen molar-refractivity contribution in [1.29, 1.82) is 0 Å². The molecular formula is C13H16O3. The van der Waals surface area contributed by atoms with Crippen LogP contribution in [0.3, 0.4) is 0 Å². The molecule has 1 saturated heterocycles. The Hall–Kier alpha value is -1.35. The Kier molecular flexibility index (Phi) is 2.97. The van der Waals surface area contributed by atoms with Gasteiger partial charge >= 0.3 is 0 Å². The predicted octanol–water partition coefficient (Wildman–Crippen LogP) is 2.30. The number of ether oxygens (including phenoxy) is 2. The van der Waals surface area contributed by atoms with Crippen LogP contribution in [0.15, 0.2) is 24.3 Å². The van der Waals surface area contributed by atoms with Gasteiger partial charge in [0.25, 0.3) is 0 Å². The van der Waals surface area contributed by atoms with Crippen molar-refractivity contribution >= 4 is 5.78 Å². The molecule has 0 unspecified atom stereocenters. The van der Waals surface area contributed by atoms with Crippen molar-refractivity contribution in [3.8, 4) is 5.75 Å². The lowest BCUT2D eigenvalue weighted by molar-refractivity contribution is -0.120. The van der Waals surface area contributed by atoms with Gasteiger partial charge in [-0.25, -0.2) is 0 Å². The normalized spacial score (nSPS) is 17.6. The number of ketones is 1. The van der Waals surface area contributed by atoms with Gasteiger partial charge in [-0.1, -0.05) is 19.1 Å². The summed E-state index contributed by atoms with van der Waals surface area (Å²) >= 11 is 0. The van der Waals surface area contributed by atoms with Gasteiger partial charge in [-0.05, 0) is 19.1 Å². The maximum Gasteiger partial charge on any atom is 0.163 e. The number of rotatable bonds is 4. The second-order valence-corrected chi connectivity index (χ2v) is 4.64. The molecule has 0 bridgehead atoms. The first-order chi connectivity index (χ1) is 7.61. The number of hydrogen-bond donors (Lipinski definition) is 0. The van der Waals surface area contributed by atoms with E-state index in [0.717, 1.165) is 13.2 Å². The van der Waals surface area contributed by atoms with Crippen LogP contribution in [-0.4, -0.2) is 25.6 Å². The van der Waals surface area contributed by atoms with Crippen LogP contribution in [0.2, 0.25) is 0 Å². The highest BCUT2D eigenvalue weighted by atomic mass is 16.5. The third-order valence-electron chi connectivity index (χ3n) is 2.74. The zero-order chi connectivity index (χ0) is 11.6. The molecule has 86 valence electrons. The van der Waals surface area contributed by atoms with Crippen LogP contribution in [-0.2, 0) is 4.74 Å². The van der Waals surface area contributed by atoms with Crippen LogP contribution in [0, 0.1) is 5.41 Å². The number of benzene rings is 1. The Morgan fingerprint density at radius 3 is 2.69 bits per heavy atom. The topological polar surface area (TPSA) is 35.5 Å². The number of para-hydroxylation sites is 1. The minimum atomic E-state index is 0.0330. The lowest BCUT2D eigenvalue weighted by Crippen LogP contribution is -2.44. The van der Waals surface area contributed by atoms with Crippen molar-refractivity contribution in [2.45, 2.75) is 13.8 Å². The quantitative estimate of drug-likeness (QED) is 0.730. The van der Waals surface area contributed by atoms with Gasteiger partial charge in [0.05, 0.1) is 25.4 Å². The Balaban J connectivity index is 2.06. The number of Topliss-reactive ketones (excluding diaryl/α,β-unsaturated/α-hetero) is 1. The van der Waals surface area contributed by atoms with Crippen molar-refractivity contribution in [1.82, 2.24) is 0 Å². The summed E-state index contributed by atoms with van der Waals surface area (Å²) in [6.07, 6.45) is 0. The second-order valence-electron chi connectivity index (χ2n) is 4.64. The van der Waals surface area contributed by atoms with Crippen molar-refractivity contribution in [3.63, 3.8) is 0 Å². The number of hydrogen-bond acceptors (Lipinski definition) is 3.